The Labute approximate surface area is 68.1 Å². The first-order valence-electron chi connectivity index (χ1n) is 3.82. The van der Waals surface area contributed by atoms with Gasteiger partial charge < -0.3 is 0 Å². The smallest absolute Gasteiger partial charge is 0.107 e. The topological polar surface area (TPSA) is 23.8 Å². The second kappa shape index (κ2) is 3.83. The monoisotopic (exact) mass is 143 g/mol. The second-order valence-corrected chi connectivity index (χ2v) is 2.46. The third kappa shape index (κ3) is 1.85. The molecule has 0 unspecified atom stereocenters. The fourth-order valence-corrected chi connectivity index (χ4v) is 1.16. The van der Waals surface area contributed by atoms with Gasteiger partial charge in [0.15, 0.2) is 0 Å². The molecule has 0 bridgehead atoms. The summed E-state index contributed by atoms with van der Waals surface area (Å²) in [6.07, 6.45) is 1.54. The summed E-state index contributed by atoms with van der Waals surface area (Å²) in [6.45, 7) is 0. The van der Waals surface area contributed by atoms with Crippen molar-refractivity contribution < 1.29 is 0 Å². The fraction of sp³-hybridized carbons (Fsp3) is 0.222. The molecular formula is C9H10BN. The molecule has 0 spiro atoms. The Morgan fingerprint density at radius 1 is 1.27 bits per heavy atom. The van der Waals surface area contributed by atoms with Gasteiger partial charge in [0.25, 0.3) is 0 Å². The number of nitrogens with zero attached hydrogens (tertiary/aromatic N) is 1. The normalized spacial score (nSPS) is 9.00. The van der Waals surface area contributed by atoms with Gasteiger partial charge in [-0.3, -0.25) is 0 Å². The predicted octanol–water partition coefficient (Wildman–Crippen LogP) is 0.886. The van der Waals surface area contributed by atoms with E-state index in [1.165, 1.54) is 5.56 Å². The van der Waals surface area contributed by atoms with Crippen LogP contribution in [0.25, 0.3) is 0 Å². The van der Waals surface area contributed by atoms with Gasteiger partial charge >= 0.3 is 0 Å². The van der Waals surface area contributed by atoms with Gasteiger partial charge in [-0.2, -0.15) is 5.26 Å². The van der Waals surface area contributed by atoms with Crippen LogP contribution >= 0.6 is 0 Å². The summed E-state index contributed by atoms with van der Waals surface area (Å²) in [5.41, 5.74) is 2.45. The van der Waals surface area contributed by atoms with Crippen molar-refractivity contribution in [1.29, 1.82) is 5.26 Å². The lowest BCUT2D eigenvalue weighted by molar-refractivity contribution is 1.20. The molecule has 1 nitrogen and oxygen atoms in total. The highest BCUT2D eigenvalue weighted by molar-refractivity contribution is 6.08. The van der Waals surface area contributed by atoms with Crippen molar-refractivity contribution in [1.82, 2.24) is 0 Å². The minimum atomic E-state index is 0.532. The standard InChI is InChI=1S/C9H10BN/c10-7-9-4-2-1-3-8(9)5-6-11/h1-4H,5,7,10H2. The van der Waals surface area contributed by atoms with Crippen LogP contribution in [0, 0.1) is 11.3 Å². The first kappa shape index (κ1) is 7.88. The Kier molecular flexibility index (Phi) is 2.74. The summed E-state index contributed by atoms with van der Waals surface area (Å²) in [4.78, 5) is 0. The van der Waals surface area contributed by atoms with E-state index in [9.17, 15) is 0 Å². The molecule has 0 heterocycles. The number of hydrogen-bond donors (Lipinski definition) is 0. The van der Waals surface area contributed by atoms with Crippen LogP contribution in [0.1, 0.15) is 11.1 Å². The third-order valence-corrected chi connectivity index (χ3v) is 1.77. The molecule has 11 heavy (non-hydrogen) atoms. The molecule has 0 saturated carbocycles. The molecule has 2 heteroatoms. The Hall–Kier alpha value is -1.23. The van der Waals surface area contributed by atoms with Gasteiger partial charge in [0.2, 0.25) is 0 Å². The number of rotatable bonds is 2. The van der Waals surface area contributed by atoms with Crippen molar-refractivity contribution in [2.45, 2.75) is 12.7 Å². The van der Waals surface area contributed by atoms with Gasteiger partial charge in [0.05, 0.1) is 12.5 Å². The largest absolute Gasteiger partial charge is 0.198 e. The Balaban J connectivity index is 2.94. The third-order valence-electron chi connectivity index (χ3n) is 1.77. The molecule has 0 aliphatic heterocycles. The fourth-order valence-electron chi connectivity index (χ4n) is 1.16. The molecule has 0 amide bonds. The average Bonchev–Trinajstić information content (AvgIpc) is 2.06. The van der Waals surface area contributed by atoms with Crippen molar-refractivity contribution in [3.05, 3.63) is 35.4 Å². The molecule has 0 N–H and O–H groups in total. The van der Waals surface area contributed by atoms with E-state index >= 15 is 0 Å². The predicted molar refractivity (Wildman–Crippen MR) is 48.0 cm³/mol. The van der Waals surface area contributed by atoms with Crippen LogP contribution in [-0.2, 0) is 12.7 Å². The van der Waals surface area contributed by atoms with Crippen molar-refractivity contribution in [2.24, 2.45) is 0 Å². The zero-order chi connectivity index (χ0) is 8.10. The Bertz CT molecular complexity index is 275. The summed E-state index contributed by atoms with van der Waals surface area (Å²) < 4.78 is 0. The minimum absolute atomic E-state index is 0.532. The molecule has 0 aliphatic rings. The van der Waals surface area contributed by atoms with Crippen molar-refractivity contribution in [2.75, 3.05) is 0 Å². The van der Waals surface area contributed by atoms with Gasteiger partial charge in [-0.25, -0.2) is 0 Å². The van der Waals surface area contributed by atoms with Crippen molar-refractivity contribution in [3.63, 3.8) is 0 Å². The van der Waals surface area contributed by atoms with E-state index in [1.807, 2.05) is 18.2 Å². The zero-order valence-corrected chi connectivity index (χ0v) is 6.67. The lowest BCUT2D eigenvalue weighted by Crippen LogP contribution is -1.91. The number of hydrogen-bond acceptors (Lipinski definition) is 1. The van der Waals surface area contributed by atoms with Crippen molar-refractivity contribution >= 4 is 7.85 Å². The minimum Gasteiger partial charge on any atom is -0.198 e. The molecule has 0 radical (unpaired) electrons. The molecule has 0 aliphatic carbocycles. The van der Waals surface area contributed by atoms with Crippen LogP contribution in [-0.4, -0.2) is 7.85 Å². The lowest BCUT2D eigenvalue weighted by Gasteiger charge is -2.01. The van der Waals surface area contributed by atoms with E-state index in [0.29, 0.717) is 6.42 Å². The van der Waals surface area contributed by atoms with Crippen LogP contribution in [0.2, 0.25) is 0 Å². The summed E-state index contributed by atoms with van der Waals surface area (Å²) in [6, 6.07) is 10.2. The van der Waals surface area contributed by atoms with E-state index in [2.05, 4.69) is 20.0 Å². The highest BCUT2D eigenvalue weighted by Crippen LogP contribution is 2.08. The Morgan fingerprint density at radius 3 is 2.45 bits per heavy atom. The lowest BCUT2D eigenvalue weighted by atomic mass is 9.92. The van der Waals surface area contributed by atoms with Gasteiger partial charge in [-0.05, 0) is 5.56 Å². The number of nitriles is 1. The Morgan fingerprint density at radius 2 is 1.91 bits per heavy atom. The maximum Gasteiger partial charge on any atom is 0.107 e. The molecule has 0 atom stereocenters. The molecule has 0 aromatic heterocycles. The molecular weight excluding hydrogens is 133 g/mol. The first-order chi connectivity index (χ1) is 5.38. The summed E-state index contributed by atoms with van der Waals surface area (Å²) in [5.74, 6) is 0. The van der Waals surface area contributed by atoms with E-state index in [0.717, 1.165) is 11.9 Å². The highest BCUT2D eigenvalue weighted by Gasteiger charge is 1.96. The van der Waals surface area contributed by atoms with E-state index < -0.39 is 0 Å². The van der Waals surface area contributed by atoms with Gasteiger partial charge in [0, 0.05) is 0 Å². The summed E-state index contributed by atoms with van der Waals surface area (Å²) in [7, 11) is 2.11. The van der Waals surface area contributed by atoms with Gasteiger partial charge in [-0.1, -0.05) is 36.1 Å². The van der Waals surface area contributed by atoms with Crippen LogP contribution in [0.15, 0.2) is 24.3 Å². The SMILES string of the molecule is BCc1ccccc1CC#N. The second-order valence-electron chi connectivity index (χ2n) is 2.46. The molecule has 1 rings (SSSR count). The van der Waals surface area contributed by atoms with Crippen LogP contribution in [0.4, 0.5) is 0 Å². The molecule has 54 valence electrons. The highest BCUT2D eigenvalue weighted by atomic mass is 14.2. The zero-order valence-electron chi connectivity index (χ0n) is 6.67. The maximum atomic E-state index is 8.49. The van der Waals surface area contributed by atoms with Gasteiger partial charge in [0.1, 0.15) is 7.85 Å². The molecule has 0 saturated heterocycles. The van der Waals surface area contributed by atoms with Gasteiger partial charge in [-0.15, -0.1) is 0 Å². The molecule has 1 aromatic carbocycles. The quantitative estimate of drug-likeness (QED) is 0.564. The van der Waals surface area contributed by atoms with E-state index in [1.54, 1.807) is 0 Å². The van der Waals surface area contributed by atoms with E-state index in [4.69, 9.17) is 5.26 Å². The molecule has 1 aromatic rings. The van der Waals surface area contributed by atoms with Crippen LogP contribution in [0.5, 0.6) is 0 Å². The van der Waals surface area contributed by atoms with Crippen LogP contribution < -0.4 is 0 Å². The summed E-state index contributed by atoms with van der Waals surface area (Å²) >= 11 is 0. The maximum absolute atomic E-state index is 8.49. The van der Waals surface area contributed by atoms with E-state index in [-0.39, 0.29) is 0 Å². The average molecular weight is 143 g/mol. The van der Waals surface area contributed by atoms with Crippen LogP contribution in [0.3, 0.4) is 0 Å². The first-order valence-corrected chi connectivity index (χ1v) is 3.82. The molecule has 0 fully saturated rings. The van der Waals surface area contributed by atoms with Crippen molar-refractivity contribution in [3.8, 4) is 6.07 Å². The number of benzene rings is 1. The summed E-state index contributed by atoms with van der Waals surface area (Å²) in [5, 5.41) is 8.49.